The predicted octanol–water partition coefficient (Wildman–Crippen LogP) is -0.0137. The highest BCUT2D eigenvalue weighted by molar-refractivity contribution is 6.07. The largest absolute Gasteiger partial charge is 0.356 e. The van der Waals surface area contributed by atoms with E-state index < -0.39 is 11.6 Å². The van der Waals surface area contributed by atoms with Crippen molar-refractivity contribution in [1.29, 1.82) is 0 Å². The van der Waals surface area contributed by atoms with Gasteiger partial charge in [0.25, 0.3) is 5.91 Å². The van der Waals surface area contributed by atoms with Crippen LogP contribution in [0.5, 0.6) is 0 Å². The van der Waals surface area contributed by atoms with Gasteiger partial charge in [-0.05, 0) is 31.6 Å². The van der Waals surface area contributed by atoms with Gasteiger partial charge in [-0.25, -0.2) is 9.79 Å². The van der Waals surface area contributed by atoms with Crippen molar-refractivity contribution < 1.29 is 14.4 Å². The number of piperidine rings is 1. The van der Waals surface area contributed by atoms with E-state index in [1.807, 2.05) is 0 Å². The summed E-state index contributed by atoms with van der Waals surface area (Å²) in [6, 6.07) is -0.423. The van der Waals surface area contributed by atoms with Crippen LogP contribution >= 0.6 is 0 Å². The van der Waals surface area contributed by atoms with Gasteiger partial charge in [0.15, 0.2) is 5.96 Å². The van der Waals surface area contributed by atoms with Crippen LogP contribution in [0.25, 0.3) is 0 Å². The second-order valence-electron chi connectivity index (χ2n) is 8.07. The van der Waals surface area contributed by atoms with E-state index in [1.165, 1.54) is 4.90 Å². The highest BCUT2D eigenvalue weighted by Gasteiger charge is 2.48. The standard InChI is InChI=1S/C18H32N6O3/c1-12(2)10-19-16(20-11-14(25)23(4)5)24-8-6-13(7-9-24)18(3)15(26)21-17(27)22-18/h12-13H,6-11H2,1-5H3,(H,19,20)(H2,21,22,26,27). The first-order valence-electron chi connectivity index (χ1n) is 9.50. The molecule has 0 aliphatic carbocycles. The normalized spacial score (nSPS) is 24.1. The second-order valence-corrected chi connectivity index (χ2v) is 8.07. The maximum Gasteiger partial charge on any atom is 0.322 e. The molecule has 27 heavy (non-hydrogen) atoms. The topological polar surface area (TPSA) is 106 Å². The SMILES string of the molecule is CC(C)CNC(=NCC(=O)N(C)C)N1CCC(C2(C)NC(=O)NC2=O)CC1. The van der Waals surface area contributed by atoms with Crippen molar-refractivity contribution in [3.8, 4) is 0 Å². The molecule has 2 fully saturated rings. The molecule has 0 aromatic rings. The molecule has 2 saturated heterocycles. The van der Waals surface area contributed by atoms with E-state index in [2.05, 4.69) is 39.7 Å². The number of likely N-dealkylation sites (tertiary alicyclic amines) is 1. The van der Waals surface area contributed by atoms with Gasteiger partial charge in [-0.15, -0.1) is 0 Å². The Kier molecular flexibility index (Phi) is 6.67. The summed E-state index contributed by atoms with van der Waals surface area (Å²) in [7, 11) is 3.43. The van der Waals surface area contributed by atoms with Gasteiger partial charge in [0.1, 0.15) is 12.1 Å². The lowest BCUT2D eigenvalue weighted by atomic mass is 9.79. The number of rotatable bonds is 5. The first kappa shape index (κ1) is 21.0. The Bertz CT molecular complexity index is 610. The van der Waals surface area contributed by atoms with Crippen molar-refractivity contribution in [1.82, 2.24) is 25.8 Å². The number of imide groups is 1. The van der Waals surface area contributed by atoms with Crippen molar-refractivity contribution in [2.45, 2.75) is 39.2 Å². The van der Waals surface area contributed by atoms with E-state index in [0.717, 1.165) is 25.3 Å². The molecular formula is C18H32N6O3. The molecule has 0 bridgehead atoms. The van der Waals surface area contributed by atoms with Crippen LogP contribution in [0.2, 0.25) is 0 Å². The van der Waals surface area contributed by atoms with Crippen molar-refractivity contribution in [3.05, 3.63) is 0 Å². The predicted molar refractivity (Wildman–Crippen MR) is 103 cm³/mol. The Morgan fingerprint density at radius 2 is 1.96 bits per heavy atom. The minimum atomic E-state index is -0.854. The average molecular weight is 380 g/mol. The van der Waals surface area contributed by atoms with Crippen molar-refractivity contribution in [3.63, 3.8) is 0 Å². The second kappa shape index (κ2) is 8.58. The molecule has 1 unspecified atom stereocenters. The van der Waals surface area contributed by atoms with Gasteiger partial charge in [-0.2, -0.15) is 0 Å². The van der Waals surface area contributed by atoms with Crippen LogP contribution in [0, 0.1) is 11.8 Å². The number of urea groups is 1. The highest BCUT2D eigenvalue weighted by Crippen LogP contribution is 2.30. The van der Waals surface area contributed by atoms with E-state index in [1.54, 1.807) is 21.0 Å². The third-order valence-corrected chi connectivity index (χ3v) is 5.21. The number of hydrogen-bond acceptors (Lipinski definition) is 4. The van der Waals surface area contributed by atoms with Gasteiger partial charge in [0.05, 0.1) is 0 Å². The fourth-order valence-corrected chi connectivity index (χ4v) is 3.36. The lowest BCUT2D eigenvalue weighted by Gasteiger charge is -2.40. The molecule has 2 rings (SSSR count). The zero-order chi connectivity index (χ0) is 20.2. The Morgan fingerprint density at radius 3 is 2.44 bits per heavy atom. The molecule has 2 aliphatic rings. The van der Waals surface area contributed by atoms with Crippen LogP contribution < -0.4 is 16.0 Å². The maximum atomic E-state index is 12.2. The monoisotopic (exact) mass is 380 g/mol. The Morgan fingerprint density at radius 1 is 1.33 bits per heavy atom. The fourth-order valence-electron chi connectivity index (χ4n) is 3.36. The van der Waals surface area contributed by atoms with Crippen LogP contribution in [-0.2, 0) is 9.59 Å². The number of amides is 4. The van der Waals surface area contributed by atoms with E-state index in [9.17, 15) is 14.4 Å². The Labute approximate surface area is 160 Å². The number of carbonyl (C=O) groups excluding carboxylic acids is 3. The molecule has 152 valence electrons. The average Bonchev–Trinajstić information content (AvgIpc) is 2.87. The summed E-state index contributed by atoms with van der Waals surface area (Å²) in [5.41, 5.74) is -0.854. The molecule has 2 aliphatic heterocycles. The number of nitrogens with one attached hydrogen (secondary N) is 3. The summed E-state index contributed by atoms with van der Waals surface area (Å²) in [5.74, 6) is 0.937. The summed E-state index contributed by atoms with van der Waals surface area (Å²) in [6.07, 6.45) is 1.52. The van der Waals surface area contributed by atoms with E-state index in [-0.39, 0.29) is 24.3 Å². The summed E-state index contributed by atoms with van der Waals surface area (Å²) < 4.78 is 0. The van der Waals surface area contributed by atoms with Crippen LogP contribution in [0.4, 0.5) is 4.79 Å². The molecule has 0 radical (unpaired) electrons. The minimum absolute atomic E-state index is 0.0495. The van der Waals surface area contributed by atoms with Crippen LogP contribution in [0.1, 0.15) is 33.6 Å². The Hall–Kier alpha value is -2.32. The molecule has 0 spiro atoms. The molecule has 4 amide bonds. The van der Waals surface area contributed by atoms with Gasteiger partial charge in [0.2, 0.25) is 5.91 Å². The fraction of sp³-hybridized carbons (Fsp3) is 0.778. The lowest BCUT2D eigenvalue weighted by molar-refractivity contribution is -0.127. The molecule has 9 heteroatoms. The van der Waals surface area contributed by atoms with Crippen LogP contribution in [0.3, 0.4) is 0 Å². The quantitative estimate of drug-likeness (QED) is 0.353. The Balaban J connectivity index is 2.02. The number of nitrogens with zero attached hydrogens (tertiary/aromatic N) is 3. The molecule has 0 saturated carbocycles. The van der Waals surface area contributed by atoms with E-state index >= 15 is 0 Å². The van der Waals surface area contributed by atoms with E-state index in [4.69, 9.17) is 0 Å². The number of hydrogen-bond donors (Lipinski definition) is 3. The van der Waals surface area contributed by atoms with Gasteiger partial charge in [-0.1, -0.05) is 13.8 Å². The summed E-state index contributed by atoms with van der Waals surface area (Å²) >= 11 is 0. The molecule has 0 aromatic heterocycles. The summed E-state index contributed by atoms with van der Waals surface area (Å²) in [4.78, 5) is 43.7. The number of guanidine groups is 1. The van der Waals surface area contributed by atoms with E-state index in [0.29, 0.717) is 19.0 Å². The van der Waals surface area contributed by atoms with Crippen molar-refractivity contribution in [2.75, 3.05) is 40.3 Å². The molecule has 0 aromatic carbocycles. The molecule has 3 N–H and O–H groups in total. The summed E-state index contributed by atoms with van der Waals surface area (Å²) in [5, 5.41) is 8.46. The first-order chi connectivity index (χ1) is 12.6. The summed E-state index contributed by atoms with van der Waals surface area (Å²) in [6.45, 7) is 8.31. The third kappa shape index (κ3) is 5.11. The molecule has 9 nitrogen and oxygen atoms in total. The smallest absolute Gasteiger partial charge is 0.322 e. The first-order valence-corrected chi connectivity index (χ1v) is 9.50. The minimum Gasteiger partial charge on any atom is -0.356 e. The van der Waals surface area contributed by atoms with Gasteiger partial charge < -0.3 is 20.4 Å². The van der Waals surface area contributed by atoms with Crippen LogP contribution in [0.15, 0.2) is 4.99 Å². The zero-order valence-electron chi connectivity index (χ0n) is 17.0. The number of carbonyl (C=O) groups is 3. The molecule has 1 atom stereocenters. The van der Waals surface area contributed by atoms with Gasteiger partial charge in [-0.3, -0.25) is 14.9 Å². The molecule has 2 heterocycles. The van der Waals surface area contributed by atoms with Crippen molar-refractivity contribution in [2.24, 2.45) is 16.8 Å². The number of likely N-dealkylation sites (N-methyl/N-ethyl adjacent to an activating group) is 1. The van der Waals surface area contributed by atoms with Gasteiger partial charge in [0, 0.05) is 33.7 Å². The zero-order valence-corrected chi connectivity index (χ0v) is 17.0. The third-order valence-electron chi connectivity index (χ3n) is 5.21. The highest BCUT2D eigenvalue weighted by atomic mass is 16.2. The number of aliphatic imine (C=N–C) groups is 1. The molecular weight excluding hydrogens is 348 g/mol. The van der Waals surface area contributed by atoms with Crippen LogP contribution in [-0.4, -0.2) is 79.4 Å². The lowest BCUT2D eigenvalue weighted by Crippen LogP contribution is -2.55. The van der Waals surface area contributed by atoms with Crippen molar-refractivity contribution >= 4 is 23.8 Å². The maximum absolute atomic E-state index is 12.2. The van der Waals surface area contributed by atoms with Gasteiger partial charge >= 0.3 is 6.03 Å².